The van der Waals surface area contributed by atoms with E-state index in [2.05, 4.69) is 23.4 Å². The first-order valence-corrected chi connectivity index (χ1v) is 3.27. The molecule has 0 spiro atoms. The average Bonchev–Trinajstić information content (AvgIpc) is 1.82. The fraction of sp³-hybridized carbons (Fsp3) is 1.00. The number of hydrogen-bond acceptors (Lipinski definition) is 7. The van der Waals surface area contributed by atoms with E-state index in [1.54, 1.807) is 0 Å². The highest BCUT2D eigenvalue weighted by atomic mass is 32.1. The Kier molecular flexibility index (Phi) is 2.47. The van der Waals surface area contributed by atoms with Gasteiger partial charge in [0.15, 0.2) is 0 Å². The van der Waals surface area contributed by atoms with Crippen molar-refractivity contribution in [2.75, 3.05) is 0 Å². The van der Waals surface area contributed by atoms with Crippen LogP contribution in [-0.2, 0) is 0 Å². The number of nitrogens with one attached hydrogen (secondary N) is 2. The Bertz CT molecular complexity index is 108. The number of nitrogens with two attached hydrogens (primary N) is 3. The van der Waals surface area contributed by atoms with E-state index >= 15 is 0 Å². The van der Waals surface area contributed by atoms with Crippen molar-refractivity contribution in [3.8, 4) is 0 Å². The molecule has 0 aromatic rings. The monoisotopic (exact) mass is 164 g/mol. The van der Waals surface area contributed by atoms with Crippen LogP contribution in [0.2, 0.25) is 0 Å². The van der Waals surface area contributed by atoms with Gasteiger partial charge >= 0.3 is 0 Å². The molecule has 1 rings (SSSR count). The quantitative estimate of drug-likeness (QED) is 0.214. The standard InChI is InChI=1S/C3H12N6S/c4-1-7-2(5)9(10)3(6)8-1/h1-3,7-8,10H,4-6H2. The Balaban J connectivity index is 2.49. The van der Waals surface area contributed by atoms with Gasteiger partial charge in [0, 0.05) is 0 Å². The molecule has 1 saturated heterocycles. The molecule has 0 bridgehead atoms. The van der Waals surface area contributed by atoms with Crippen molar-refractivity contribution in [1.82, 2.24) is 14.9 Å². The van der Waals surface area contributed by atoms with Gasteiger partial charge in [-0.3, -0.25) is 10.6 Å². The molecule has 1 fully saturated rings. The molecule has 7 heteroatoms. The second-order valence-electron chi connectivity index (χ2n) is 2.08. The summed E-state index contributed by atoms with van der Waals surface area (Å²) < 4.78 is 1.43. The third kappa shape index (κ3) is 1.58. The third-order valence-electron chi connectivity index (χ3n) is 1.27. The second kappa shape index (κ2) is 3.01. The van der Waals surface area contributed by atoms with Crippen LogP contribution in [0.1, 0.15) is 0 Å². The summed E-state index contributed by atoms with van der Waals surface area (Å²) in [6.07, 6.45) is -1.18. The molecule has 8 N–H and O–H groups in total. The lowest BCUT2D eigenvalue weighted by Gasteiger charge is -2.38. The zero-order valence-corrected chi connectivity index (χ0v) is 6.25. The van der Waals surface area contributed by atoms with Crippen LogP contribution >= 0.6 is 12.8 Å². The van der Waals surface area contributed by atoms with Crippen molar-refractivity contribution in [2.24, 2.45) is 17.2 Å². The summed E-state index contributed by atoms with van der Waals surface area (Å²) in [4.78, 5) is 0. The van der Waals surface area contributed by atoms with E-state index < -0.39 is 12.6 Å². The van der Waals surface area contributed by atoms with E-state index in [1.807, 2.05) is 0 Å². The zero-order chi connectivity index (χ0) is 7.72. The van der Waals surface area contributed by atoms with Crippen molar-refractivity contribution in [3.63, 3.8) is 0 Å². The molecule has 1 heterocycles. The van der Waals surface area contributed by atoms with Crippen molar-refractivity contribution < 1.29 is 0 Å². The number of rotatable bonds is 0. The average molecular weight is 164 g/mol. The summed E-state index contributed by atoms with van der Waals surface area (Å²) in [5.74, 6) is 0. The molecule has 0 saturated carbocycles. The molecule has 6 nitrogen and oxygen atoms in total. The summed E-state index contributed by atoms with van der Waals surface area (Å²) in [6.45, 7) is 0. The molecule has 10 heavy (non-hydrogen) atoms. The van der Waals surface area contributed by atoms with Crippen molar-refractivity contribution in [2.45, 2.75) is 18.9 Å². The van der Waals surface area contributed by atoms with E-state index in [0.717, 1.165) is 0 Å². The van der Waals surface area contributed by atoms with Gasteiger partial charge in [-0.05, 0) is 0 Å². The first-order chi connectivity index (χ1) is 4.61. The van der Waals surface area contributed by atoms with Crippen molar-refractivity contribution in [1.29, 1.82) is 0 Å². The first kappa shape index (κ1) is 8.21. The summed E-state index contributed by atoms with van der Waals surface area (Å²) >= 11 is 3.99. The Morgan fingerprint density at radius 2 is 1.50 bits per heavy atom. The molecule has 1 aliphatic heterocycles. The van der Waals surface area contributed by atoms with Crippen LogP contribution in [0.4, 0.5) is 0 Å². The van der Waals surface area contributed by atoms with E-state index in [-0.39, 0.29) is 6.29 Å². The van der Waals surface area contributed by atoms with Crippen LogP contribution in [0.25, 0.3) is 0 Å². The SMILES string of the molecule is NC1NC(N)N(S)C(N)N1. The van der Waals surface area contributed by atoms with Gasteiger partial charge in [0.05, 0.1) is 0 Å². The van der Waals surface area contributed by atoms with E-state index in [1.165, 1.54) is 4.31 Å². The molecule has 1 aliphatic rings. The Labute approximate surface area is 64.6 Å². The molecule has 0 aromatic carbocycles. The predicted octanol–water partition coefficient (Wildman–Crippen LogP) is -2.95. The van der Waals surface area contributed by atoms with Gasteiger partial charge in [0.1, 0.15) is 18.9 Å². The molecule has 0 aromatic heterocycles. The van der Waals surface area contributed by atoms with E-state index in [4.69, 9.17) is 17.2 Å². The number of hydrogen-bond donors (Lipinski definition) is 6. The maximum absolute atomic E-state index is 5.50. The van der Waals surface area contributed by atoms with Gasteiger partial charge in [-0.25, -0.2) is 0 Å². The Morgan fingerprint density at radius 3 is 1.90 bits per heavy atom. The van der Waals surface area contributed by atoms with E-state index in [0.29, 0.717) is 0 Å². The molecule has 0 aliphatic carbocycles. The predicted molar refractivity (Wildman–Crippen MR) is 41.0 cm³/mol. The van der Waals surface area contributed by atoms with Gasteiger partial charge in [0.2, 0.25) is 0 Å². The van der Waals surface area contributed by atoms with Crippen LogP contribution in [0.3, 0.4) is 0 Å². The topological polar surface area (TPSA) is 105 Å². The van der Waals surface area contributed by atoms with Crippen LogP contribution in [0.15, 0.2) is 0 Å². The summed E-state index contributed by atoms with van der Waals surface area (Å²) in [5.41, 5.74) is 16.4. The minimum atomic E-state index is -0.408. The van der Waals surface area contributed by atoms with Crippen molar-refractivity contribution in [3.05, 3.63) is 0 Å². The highest BCUT2D eigenvalue weighted by molar-refractivity contribution is 7.77. The summed E-state index contributed by atoms with van der Waals surface area (Å²) in [6, 6.07) is 0. The third-order valence-corrected chi connectivity index (χ3v) is 1.77. The number of nitrogens with zero attached hydrogens (tertiary/aromatic N) is 1. The molecule has 0 amide bonds. The highest BCUT2D eigenvalue weighted by Crippen LogP contribution is 2.01. The maximum atomic E-state index is 5.50. The van der Waals surface area contributed by atoms with Crippen LogP contribution in [0, 0.1) is 0 Å². The highest BCUT2D eigenvalue weighted by Gasteiger charge is 2.25. The Hall–Kier alpha value is 0.110. The fourth-order valence-corrected chi connectivity index (χ4v) is 0.875. The molecule has 60 valence electrons. The molecular weight excluding hydrogens is 152 g/mol. The second-order valence-corrected chi connectivity index (χ2v) is 2.54. The van der Waals surface area contributed by atoms with Gasteiger partial charge in [-0.15, -0.1) is 0 Å². The lowest BCUT2D eigenvalue weighted by molar-refractivity contribution is 0.118. The summed E-state index contributed by atoms with van der Waals surface area (Å²) in [5, 5.41) is 5.55. The summed E-state index contributed by atoms with van der Waals surface area (Å²) in [7, 11) is 0. The molecule has 2 atom stereocenters. The first-order valence-electron chi connectivity index (χ1n) is 2.87. The lowest BCUT2D eigenvalue weighted by Crippen LogP contribution is -2.73. The molecular formula is C3H12N6S. The van der Waals surface area contributed by atoms with Crippen LogP contribution in [0.5, 0.6) is 0 Å². The fourth-order valence-electron chi connectivity index (χ4n) is 0.742. The molecule has 0 radical (unpaired) electrons. The largest absolute Gasteiger partial charge is 0.303 e. The van der Waals surface area contributed by atoms with Gasteiger partial charge in [0.25, 0.3) is 0 Å². The Morgan fingerprint density at radius 1 is 1.10 bits per heavy atom. The van der Waals surface area contributed by atoms with Crippen LogP contribution < -0.4 is 27.8 Å². The smallest absolute Gasteiger partial charge is 0.125 e. The maximum Gasteiger partial charge on any atom is 0.125 e. The van der Waals surface area contributed by atoms with Crippen molar-refractivity contribution >= 4 is 12.8 Å². The number of thiol groups is 1. The van der Waals surface area contributed by atoms with E-state index in [9.17, 15) is 0 Å². The van der Waals surface area contributed by atoms with Crippen LogP contribution in [-0.4, -0.2) is 23.2 Å². The normalized spacial score (nSPS) is 43.8. The molecule has 2 unspecified atom stereocenters. The minimum absolute atomic E-state index is 0.367. The zero-order valence-electron chi connectivity index (χ0n) is 5.36. The lowest BCUT2D eigenvalue weighted by atomic mass is 10.6. The van der Waals surface area contributed by atoms with Gasteiger partial charge < -0.3 is 17.2 Å². The van der Waals surface area contributed by atoms with Gasteiger partial charge in [-0.1, -0.05) is 12.8 Å². The minimum Gasteiger partial charge on any atom is -0.303 e. The van der Waals surface area contributed by atoms with Gasteiger partial charge in [-0.2, -0.15) is 4.31 Å².